The zero-order valence-electron chi connectivity index (χ0n) is 21.6. The predicted molar refractivity (Wildman–Crippen MR) is 141 cm³/mol. The molecular formula is C29H22F2N4O6. The summed E-state index contributed by atoms with van der Waals surface area (Å²) in [6.45, 7) is 0.512. The standard InChI is InChI=1S/C29H22F2N4O6/c1-39-29(38)41-27-21(36)10-12-34-26(27)28(37)33-13-14-40-15-22(33)35(34)25-16-5-2-3-6-19(16)32-11-4-7-20(32)23-17(25)8-9-18(30)24(23)31/h2-12,22,25H,13-15H2,1H3/t22-,25-/m1/s1. The van der Waals surface area contributed by atoms with E-state index in [1.807, 2.05) is 24.3 Å². The highest BCUT2D eigenvalue weighted by atomic mass is 19.2. The van der Waals surface area contributed by atoms with E-state index in [4.69, 9.17) is 9.47 Å². The predicted octanol–water partition coefficient (Wildman–Crippen LogP) is 3.58. The van der Waals surface area contributed by atoms with Gasteiger partial charge < -0.3 is 23.7 Å². The third-order valence-corrected chi connectivity index (χ3v) is 7.69. The van der Waals surface area contributed by atoms with Crippen molar-refractivity contribution in [3.8, 4) is 22.7 Å². The normalized spacial score (nSPS) is 18.9. The van der Waals surface area contributed by atoms with Crippen molar-refractivity contribution in [1.29, 1.82) is 0 Å². The number of benzene rings is 2. The number of morpholine rings is 1. The van der Waals surface area contributed by atoms with Crippen molar-refractivity contribution in [3.63, 3.8) is 0 Å². The van der Waals surface area contributed by atoms with Gasteiger partial charge in [-0.25, -0.2) is 13.6 Å². The number of carbonyl (C=O) groups excluding carboxylic acids is 2. The van der Waals surface area contributed by atoms with E-state index >= 15 is 4.39 Å². The summed E-state index contributed by atoms with van der Waals surface area (Å²) < 4.78 is 49.4. The van der Waals surface area contributed by atoms with Gasteiger partial charge in [0, 0.05) is 36.1 Å². The first-order chi connectivity index (χ1) is 19.9. The molecule has 0 N–H and O–H groups in total. The second-order valence-corrected chi connectivity index (χ2v) is 9.74. The lowest BCUT2D eigenvalue weighted by Gasteiger charge is -2.51. The van der Waals surface area contributed by atoms with Crippen molar-refractivity contribution in [2.45, 2.75) is 12.2 Å². The lowest BCUT2D eigenvalue weighted by Crippen LogP contribution is -2.66. The van der Waals surface area contributed by atoms with E-state index in [-0.39, 0.29) is 31.0 Å². The van der Waals surface area contributed by atoms with Gasteiger partial charge in [-0.1, -0.05) is 24.3 Å². The van der Waals surface area contributed by atoms with E-state index < -0.39 is 47.1 Å². The Balaban J connectivity index is 1.56. The maximum atomic E-state index is 15.8. The molecule has 5 heterocycles. The molecule has 7 rings (SSSR count). The summed E-state index contributed by atoms with van der Waals surface area (Å²) in [4.78, 5) is 40.4. The Hall–Kier alpha value is -4.97. The van der Waals surface area contributed by atoms with E-state index in [1.54, 1.807) is 27.9 Å². The monoisotopic (exact) mass is 560 g/mol. The van der Waals surface area contributed by atoms with Gasteiger partial charge >= 0.3 is 6.16 Å². The summed E-state index contributed by atoms with van der Waals surface area (Å²) in [6.07, 6.45) is 1.29. The summed E-state index contributed by atoms with van der Waals surface area (Å²) in [5, 5.41) is 1.78. The van der Waals surface area contributed by atoms with Crippen molar-refractivity contribution in [3.05, 3.63) is 106 Å². The molecule has 0 unspecified atom stereocenters. The number of ether oxygens (including phenoxy) is 3. The molecule has 208 valence electrons. The van der Waals surface area contributed by atoms with Crippen LogP contribution in [0.1, 0.15) is 27.7 Å². The van der Waals surface area contributed by atoms with Gasteiger partial charge in [0.1, 0.15) is 12.2 Å². The molecule has 0 spiro atoms. The number of hydrogen-bond acceptors (Lipinski definition) is 7. The van der Waals surface area contributed by atoms with E-state index in [0.717, 1.165) is 18.7 Å². The van der Waals surface area contributed by atoms with Gasteiger partial charge in [0.2, 0.25) is 11.2 Å². The van der Waals surface area contributed by atoms with Crippen LogP contribution in [0, 0.1) is 11.6 Å². The maximum Gasteiger partial charge on any atom is 0.513 e. The number of rotatable bonds is 2. The van der Waals surface area contributed by atoms with Gasteiger partial charge in [0.15, 0.2) is 17.3 Å². The van der Waals surface area contributed by atoms with Crippen LogP contribution in [0.15, 0.2) is 71.8 Å². The minimum absolute atomic E-state index is 0.0602. The zero-order chi connectivity index (χ0) is 28.4. The van der Waals surface area contributed by atoms with Gasteiger partial charge in [-0.05, 0) is 29.8 Å². The molecule has 2 aromatic carbocycles. The molecule has 12 heteroatoms. The Morgan fingerprint density at radius 1 is 1.00 bits per heavy atom. The topological polar surface area (TPSA) is 95.2 Å². The highest BCUT2D eigenvalue weighted by Gasteiger charge is 2.47. The van der Waals surface area contributed by atoms with Crippen LogP contribution in [-0.2, 0) is 9.47 Å². The van der Waals surface area contributed by atoms with Crippen LogP contribution in [-0.4, -0.2) is 59.2 Å². The van der Waals surface area contributed by atoms with Gasteiger partial charge in [-0.2, -0.15) is 0 Å². The fourth-order valence-corrected chi connectivity index (χ4v) is 5.98. The fourth-order valence-electron chi connectivity index (χ4n) is 5.98. The number of halogens is 2. The van der Waals surface area contributed by atoms with Gasteiger partial charge in [0.25, 0.3) is 5.91 Å². The second-order valence-electron chi connectivity index (χ2n) is 9.74. The highest BCUT2D eigenvalue weighted by Crippen LogP contribution is 2.46. The number of fused-ring (bicyclic) bond motifs is 7. The molecule has 4 aromatic rings. The first-order valence-electron chi connectivity index (χ1n) is 12.8. The minimum atomic E-state index is -1.17. The molecular weight excluding hydrogens is 538 g/mol. The minimum Gasteiger partial charge on any atom is -0.437 e. The summed E-state index contributed by atoms with van der Waals surface area (Å²) >= 11 is 0. The zero-order valence-corrected chi connectivity index (χ0v) is 21.6. The van der Waals surface area contributed by atoms with Crippen LogP contribution in [0.25, 0.3) is 16.9 Å². The average Bonchev–Trinajstić information content (AvgIpc) is 3.43. The number of hydrogen-bond donors (Lipinski definition) is 0. The molecule has 0 saturated carbocycles. The van der Waals surface area contributed by atoms with Crippen molar-refractivity contribution in [2.75, 3.05) is 31.9 Å². The highest BCUT2D eigenvalue weighted by molar-refractivity contribution is 5.97. The maximum absolute atomic E-state index is 15.8. The quantitative estimate of drug-likeness (QED) is 0.346. The van der Waals surface area contributed by atoms with Gasteiger partial charge in [0.05, 0.1) is 31.7 Å². The number of pyridine rings is 1. The number of para-hydroxylation sites is 1. The lowest BCUT2D eigenvalue weighted by atomic mass is 9.91. The SMILES string of the molecule is COC(=O)Oc1c2n(ccc1=O)N([C@@H]1c3ccccc3-n3cccc3-c3c1ccc(F)c3F)[C@@H]1COCCN1C2=O. The molecule has 2 atom stereocenters. The first-order valence-corrected chi connectivity index (χ1v) is 12.8. The molecule has 1 saturated heterocycles. The van der Waals surface area contributed by atoms with Crippen molar-refractivity contribution < 1.29 is 32.6 Å². The molecule has 0 bridgehead atoms. The molecule has 2 aromatic heterocycles. The van der Waals surface area contributed by atoms with Crippen molar-refractivity contribution >= 4 is 12.1 Å². The molecule has 0 aliphatic carbocycles. The Morgan fingerprint density at radius 3 is 2.66 bits per heavy atom. The van der Waals surface area contributed by atoms with Crippen molar-refractivity contribution in [2.24, 2.45) is 0 Å². The lowest BCUT2D eigenvalue weighted by molar-refractivity contribution is -0.0197. The number of amides is 1. The smallest absolute Gasteiger partial charge is 0.437 e. The molecule has 41 heavy (non-hydrogen) atoms. The van der Waals surface area contributed by atoms with Crippen LogP contribution in [0.5, 0.6) is 5.75 Å². The number of carbonyl (C=O) groups is 2. The molecule has 1 fully saturated rings. The molecule has 3 aliphatic rings. The third kappa shape index (κ3) is 3.60. The van der Waals surface area contributed by atoms with Crippen LogP contribution in [0.3, 0.4) is 0 Å². The molecule has 1 amide bonds. The molecule has 3 aliphatic heterocycles. The van der Waals surface area contributed by atoms with Crippen LogP contribution in [0.4, 0.5) is 13.6 Å². The van der Waals surface area contributed by atoms with Crippen molar-refractivity contribution in [1.82, 2.24) is 14.1 Å². The first kappa shape index (κ1) is 25.0. The summed E-state index contributed by atoms with van der Waals surface area (Å²) in [5.74, 6) is -3.07. The van der Waals surface area contributed by atoms with Crippen LogP contribution in [0.2, 0.25) is 0 Å². The molecule has 10 nitrogen and oxygen atoms in total. The molecule has 0 radical (unpaired) electrons. The third-order valence-electron chi connectivity index (χ3n) is 7.69. The second kappa shape index (κ2) is 9.30. The Morgan fingerprint density at radius 2 is 1.83 bits per heavy atom. The van der Waals surface area contributed by atoms with Crippen LogP contribution >= 0.6 is 0 Å². The van der Waals surface area contributed by atoms with Gasteiger partial charge in [-0.15, -0.1) is 0 Å². The van der Waals surface area contributed by atoms with E-state index in [1.165, 1.54) is 27.9 Å². The Bertz CT molecular complexity index is 1800. The van der Waals surface area contributed by atoms with E-state index in [9.17, 15) is 18.8 Å². The number of nitrogens with zero attached hydrogens (tertiary/aromatic N) is 4. The number of methoxy groups -OCH3 is 1. The van der Waals surface area contributed by atoms with E-state index in [2.05, 4.69) is 4.74 Å². The Kier molecular flexibility index (Phi) is 5.68. The average molecular weight is 561 g/mol. The largest absolute Gasteiger partial charge is 0.513 e. The van der Waals surface area contributed by atoms with Gasteiger partial charge in [-0.3, -0.25) is 19.3 Å². The van der Waals surface area contributed by atoms with Crippen LogP contribution < -0.4 is 15.2 Å². The van der Waals surface area contributed by atoms with E-state index in [0.29, 0.717) is 16.9 Å². The summed E-state index contributed by atoms with van der Waals surface area (Å²) in [6, 6.07) is 13.8. The Labute approximate surface area is 231 Å². The summed E-state index contributed by atoms with van der Waals surface area (Å²) in [5.41, 5.74) is 1.46. The summed E-state index contributed by atoms with van der Waals surface area (Å²) in [7, 11) is 1.09. The fraction of sp³-hybridized carbons (Fsp3) is 0.207. The number of aromatic nitrogens is 2.